The Bertz CT molecular complexity index is 935. The number of nitrogens with zero attached hydrogens (tertiary/aromatic N) is 1. The molecule has 0 bridgehead atoms. The normalized spacial score (nSPS) is 11.7. The van der Waals surface area contributed by atoms with E-state index in [1.165, 1.54) is 18.2 Å². The van der Waals surface area contributed by atoms with Crippen molar-refractivity contribution in [2.24, 2.45) is 0 Å². The number of anilines is 1. The second-order valence-corrected chi connectivity index (χ2v) is 6.07. The van der Waals surface area contributed by atoms with Crippen molar-refractivity contribution in [2.75, 3.05) is 5.32 Å². The Labute approximate surface area is 138 Å². The number of hydrogen-bond donors (Lipinski definition) is 2. The highest BCUT2D eigenvalue weighted by molar-refractivity contribution is 7.20. The minimum Gasteiger partial charge on any atom is -0.506 e. The van der Waals surface area contributed by atoms with E-state index >= 15 is 0 Å². The van der Waals surface area contributed by atoms with Gasteiger partial charge in [-0.2, -0.15) is 13.2 Å². The van der Waals surface area contributed by atoms with Crippen LogP contribution in [0.3, 0.4) is 0 Å². The lowest BCUT2D eigenvalue weighted by atomic mass is 10.1. The molecule has 8 heteroatoms. The molecule has 3 rings (SSSR count). The SMILES string of the molecule is Cc1c(C(=O)Nc2ccccc2O)sc2nc(C(F)(F)F)ccc12. The van der Waals surface area contributed by atoms with Gasteiger partial charge in [-0.25, -0.2) is 4.98 Å². The molecule has 0 atom stereocenters. The summed E-state index contributed by atoms with van der Waals surface area (Å²) in [7, 11) is 0. The lowest BCUT2D eigenvalue weighted by Crippen LogP contribution is -2.11. The van der Waals surface area contributed by atoms with Crippen LogP contribution in [0.5, 0.6) is 5.75 Å². The first-order valence-corrected chi connectivity index (χ1v) is 7.65. The monoisotopic (exact) mass is 352 g/mol. The highest BCUT2D eigenvalue weighted by Gasteiger charge is 2.33. The number of thiophene rings is 1. The Morgan fingerprint density at radius 1 is 1.21 bits per heavy atom. The maximum absolute atomic E-state index is 12.7. The molecule has 124 valence electrons. The molecule has 0 unspecified atom stereocenters. The average Bonchev–Trinajstić information content (AvgIpc) is 2.85. The van der Waals surface area contributed by atoms with Crippen molar-refractivity contribution in [3.8, 4) is 5.75 Å². The van der Waals surface area contributed by atoms with Gasteiger partial charge in [-0.05, 0) is 36.8 Å². The molecule has 0 saturated heterocycles. The van der Waals surface area contributed by atoms with Gasteiger partial charge in [0.1, 0.15) is 16.3 Å². The first-order chi connectivity index (χ1) is 11.3. The zero-order chi connectivity index (χ0) is 17.5. The van der Waals surface area contributed by atoms with Gasteiger partial charge in [0.2, 0.25) is 0 Å². The van der Waals surface area contributed by atoms with Crippen LogP contribution in [0.4, 0.5) is 18.9 Å². The molecule has 0 fully saturated rings. The van der Waals surface area contributed by atoms with E-state index in [0.717, 1.165) is 17.4 Å². The van der Waals surface area contributed by atoms with Crippen molar-refractivity contribution in [3.63, 3.8) is 0 Å². The Morgan fingerprint density at radius 2 is 1.92 bits per heavy atom. The highest BCUT2D eigenvalue weighted by atomic mass is 32.1. The third-order valence-electron chi connectivity index (χ3n) is 3.45. The zero-order valence-electron chi connectivity index (χ0n) is 12.3. The van der Waals surface area contributed by atoms with Gasteiger partial charge in [0, 0.05) is 5.39 Å². The van der Waals surface area contributed by atoms with Gasteiger partial charge >= 0.3 is 6.18 Å². The molecule has 0 radical (unpaired) electrons. The van der Waals surface area contributed by atoms with E-state index in [9.17, 15) is 23.1 Å². The quantitative estimate of drug-likeness (QED) is 0.664. The van der Waals surface area contributed by atoms with Crippen molar-refractivity contribution in [1.29, 1.82) is 0 Å². The van der Waals surface area contributed by atoms with Crippen molar-refractivity contribution in [3.05, 3.63) is 52.5 Å². The Kier molecular flexibility index (Phi) is 3.92. The van der Waals surface area contributed by atoms with Crippen LogP contribution < -0.4 is 5.32 Å². The van der Waals surface area contributed by atoms with Gasteiger partial charge in [0.25, 0.3) is 5.91 Å². The minimum atomic E-state index is -4.54. The third-order valence-corrected chi connectivity index (χ3v) is 4.65. The summed E-state index contributed by atoms with van der Waals surface area (Å²) in [5.74, 6) is -0.604. The minimum absolute atomic E-state index is 0.0953. The van der Waals surface area contributed by atoms with Crippen molar-refractivity contribution in [2.45, 2.75) is 13.1 Å². The number of aromatic hydroxyl groups is 1. The van der Waals surface area contributed by atoms with Crippen LogP contribution >= 0.6 is 11.3 Å². The first kappa shape index (κ1) is 16.3. The molecule has 1 amide bonds. The number of hydrogen-bond acceptors (Lipinski definition) is 4. The van der Waals surface area contributed by atoms with Crippen LogP contribution in [0.25, 0.3) is 10.2 Å². The number of carbonyl (C=O) groups excluding carboxylic acids is 1. The number of aryl methyl sites for hydroxylation is 1. The molecule has 3 aromatic rings. The predicted octanol–water partition coefficient (Wildman–Crippen LogP) is 4.58. The molecule has 2 heterocycles. The third kappa shape index (κ3) is 2.92. The van der Waals surface area contributed by atoms with Gasteiger partial charge in [0.15, 0.2) is 0 Å². The van der Waals surface area contributed by atoms with Crippen LogP contribution in [0.1, 0.15) is 20.9 Å². The van der Waals surface area contributed by atoms with E-state index in [-0.39, 0.29) is 21.1 Å². The van der Waals surface area contributed by atoms with Crippen LogP contribution in [-0.2, 0) is 6.18 Å². The van der Waals surface area contributed by atoms with Gasteiger partial charge in [-0.15, -0.1) is 11.3 Å². The van der Waals surface area contributed by atoms with Gasteiger partial charge < -0.3 is 10.4 Å². The number of amides is 1. The molecule has 1 aromatic carbocycles. The number of halogens is 3. The molecule has 0 aliphatic heterocycles. The summed E-state index contributed by atoms with van der Waals surface area (Å²) in [6.45, 7) is 1.65. The fraction of sp³-hybridized carbons (Fsp3) is 0.125. The Hall–Kier alpha value is -2.61. The summed E-state index contributed by atoms with van der Waals surface area (Å²) in [5, 5.41) is 12.7. The summed E-state index contributed by atoms with van der Waals surface area (Å²) in [6, 6.07) is 8.41. The summed E-state index contributed by atoms with van der Waals surface area (Å²) in [6.07, 6.45) is -4.54. The maximum atomic E-state index is 12.7. The van der Waals surface area contributed by atoms with E-state index in [1.54, 1.807) is 19.1 Å². The number of nitrogens with one attached hydrogen (secondary N) is 1. The number of phenols is 1. The van der Waals surface area contributed by atoms with E-state index < -0.39 is 17.8 Å². The fourth-order valence-corrected chi connectivity index (χ4v) is 3.31. The predicted molar refractivity (Wildman–Crippen MR) is 85.4 cm³/mol. The second-order valence-electron chi connectivity index (χ2n) is 5.07. The highest BCUT2D eigenvalue weighted by Crippen LogP contribution is 2.34. The molecular weight excluding hydrogens is 341 g/mol. The number of aromatic nitrogens is 1. The van der Waals surface area contributed by atoms with Gasteiger partial charge in [-0.1, -0.05) is 12.1 Å². The number of pyridine rings is 1. The molecule has 0 spiro atoms. The summed E-state index contributed by atoms with van der Waals surface area (Å²) < 4.78 is 38.2. The number of fused-ring (bicyclic) bond motifs is 1. The van der Waals surface area contributed by atoms with Crippen LogP contribution in [-0.4, -0.2) is 16.0 Å². The number of rotatable bonds is 2. The molecule has 0 aliphatic carbocycles. The lowest BCUT2D eigenvalue weighted by Gasteiger charge is -2.06. The van der Waals surface area contributed by atoms with Crippen molar-refractivity contribution < 1.29 is 23.1 Å². The largest absolute Gasteiger partial charge is 0.506 e. The Morgan fingerprint density at radius 3 is 2.58 bits per heavy atom. The van der Waals surface area contributed by atoms with E-state index in [4.69, 9.17) is 0 Å². The van der Waals surface area contributed by atoms with Gasteiger partial charge in [-0.3, -0.25) is 4.79 Å². The summed E-state index contributed by atoms with van der Waals surface area (Å²) in [5.41, 5.74) is -0.226. The van der Waals surface area contributed by atoms with Crippen LogP contribution in [0.2, 0.25) is 0 Å². The number of benzene rings is 1. The Balaban J connectivity index is 1.99. The van der Waals surface area contributed by atoms with Crippen LogP contribution in [0, 0.1) is 6.92 Å². The molecule has 2 N–H and O–H groups in total. The van der Waals surface area contributed by atoms with E-state index in [1.807, 2.05) is 0 Å². The average molecular weight is 352 g/mol. The van der Waals surface area contributed by atoms with Crippen molar-refractivity contribution in [1.82, 2.24) is 4.98 Å². The van der Waals surface area contributed by atoms with Crippen LogP contribution in [0.15, 0.2) is 36.4 Å². The number of alkyl halides is 3. The maximum Gasteiger partial charge on any atom is 0.433 e. The molecule has 24 heavy (non-hydrogen) atoms. The van der Waals surface area contributed by atoms with Crippen molar-refractivity contribution >= 4 is 33.1 Å². The first-order valence-electron chi connectivity index (χ1n) is 6.84. The molecule has 0 aliphatic rings. The van der Waals surface area contributed by atoms with E-state index in [2.05, 4.69) is 10.3 Å². The smallest absolute Gasteiger partial charge is 0.433 e. The van der Waals surface area contributed by atoms with Gasteiger partial charge in [0.05, 0.1) is 10.6 Å². The standard InChI is InChI=1S/C16H11F3N2O2S/c1-8-9-6-7-12(16(17,18)19)21-15(9)24-13(8)14(23)20-10-4-2-3-5-11(10)22/h2-7,22H,1H3,(H,20,23). The topological polar surface area (TPSA) is 62.2 Å². The zero-order valence-corrected chi connectivity index (χ0v) is 13.1. The molecule has 0 saturated carbocycles. The number of carbonyl (C=O) groups is 1. The molecule has 2 aromatic heterocycles. The number of para-hydroxylation sites is 2. The summed E-state index contributed by atoms with van der Waals surface area (Å²) in [4.78, 5) is 16.4. The molecular formula is C16H11F3N2O2S. The lowest BCUT2D eigenvalue weighted by molar-refractivity contribution is -0.140. The number of phenolic OH excluding ortho intramolecular Hbond substituents is 1. The summed E-state index contributed by atoms with van der Waals surface area (Å²) >= 11 is 0.883. The molecule has 4 nitrogen and oxygen atoms in total. The fourth-order valence-electron chi connectivity index (χ4n) is 2.23. The second kappa shape index (κ2) is 5.79. The van der Waals surface area contributed by atoms with E-state index in [0.29, 0.717) is 10.9 Å².